The summed E-state index contributed by atoms with van der Waals surface area (Å²) in [6.45, 7) is 1.92. The number of ether oxygens (including phenoxy) is 2. The molecule has 3 nitrogen and oxygen atoms in total. The highest BCUT2D eigenvalue weighted by Gasteiger charge is 2.11. The smallest absolute Gasteiger partial charge is 0.260 e. The van der Waals surface area contributed by atoms with Gasteiger partial charge in [0.25, 0.3) is 5.17 Å². The van der Waals surface area contributed by atoms with Crippen molar-refractivity contribution in [2.75, 3.05) is 12.4 Å². The Hall–Kier alpha value is -1.85. The van der Waals surface area contributed by atoms with Crippen LogP contribution in [0.1, 0.15) is 11.1 Å². The molecular formula is C16H15ClFNO2S. The number of halogens is 2. The number of thiocarbonyl (C=S) groups is 1. The van der Waals surface area contributed by atoms with E-state index >= 15 is 0 Å². The quantitative estimate of drug-likeness (QED) is 0.817. The minimum Gasteiger partial charge on any atom is -0.486 e. The van der Waals surface area contributed by atoms with Crippen molar-refractivity contribution in [1.29, 1.82) is 0 Å². The molecule has 6 heteroatoms. The molecule has 1 N–H and O–H groups in total. The maximum absolute atomic E-state index is 13.8. The summed E-state index contributed by atoms with van der Waals surface area (Å²) in [6, 6.07) is 10.1. The highest BCUT2D eigenvalue weighted by Crippen LogP contribution is 2.27. The molecule has 0 heterocycles. The molecule has 0 amide bonds. The van der Waals surface area contributed by atoms with Crippen molar-refractivity contribution in [2.24, 2.45) is 0 Å². The second-order valence-corrected chi connectivity index (χ2v) is 5.38. The van der Waals surface area contributed by atoms with E-state index in [2.05, 4.69) is 5.32 Å². The summed E-state index contributed by atoms with van der Waals surface area (Å²) in [5, 5.41) is 3.62. The summed E-state index contributed by atoms with van der Waals surface area (Å²) in [6.07, 6.45) is 0. The average Bonchev–Trinajstić information content (AvgIpc) is 2.48. The van der Waals surface area contributed by atoms with E-state index < -0.39 is 5.82 Å². The Kier molecular flexibility index (Phi) is 5.57. The molecule has 0 radical (unpaired) electrons. The largest absolute Gasteiger partial charge is 0.486 e. The monoisotopic (exact) mass is 339 g/mol. The summed E-state index contributed by atoms with van der Waals surface area (Å²) in [4.78, 5) is 0. The fourth-order valence-electron chi connectivity index (χ4n) is 1.86. The van der Waals surface area contributed by atoms with E-state index in [-0.39, 0.29) is 17.5 Å². The zero-order chi connectivity index (χ0) is 16.1. The van der Waals surface area contributed by atoms with Gasteiger partial charge in [-0.15, -0.1) is 0 Å². The summed E-state index contributed by atoms with van der Waals surface area (Å²) >= 11 is 11.2. The highest BCUT2D eigenvalue weighted by molar-refractivity contribution is 7.80. The number of rotatable bonds is 4. The number of hydrogen-bond donors (Lipinski definition) is 1. The van der Waals surface area contributed by atoms with Gasteiger partial charge in [-0.1, -0.05) is 23.7 Å². The van der Waals surface area contributed by atoms with Crippen LogP contribution in [0.25, 0.3) is 0 Å². The van der Waals surface area contributed by atoms with Gasteiger partial charge in [0, 0.05) is 16.3 Å². The van der Waals surface area contributed by atoms with Gasteiger partial charge in [0.1, 0.15) is 6.61 Å². The predicted octanol–water partition coefficient (Wildman–Crippen LogP) is 4.71. The minimum atomic E-state index is -0.408. The van der Waals surface area contributed by atoms with Gasteiger partial charge in [-0.2, -0.15) is 0 Å². The molecule has 0 unspecified atom stereocenters. The van der Waals surface area contributed by atoms with Crippen molar-refractivity contribution in [3.05, 3.63) is 58.4 Å². The maximum atomic E-state index is 13.8. The predicted molar refractivity (Wildman–Crippen MR) is 90.2 cm³/mol. The molecule has 2 rings (SSSR count). The van der Waals surface area contributed by atoms with Crippen LogP contribution in [0.4, 0.5) is 10.1 Å². The molecule has 0 aromatic heterocycles. The van der Waals surface area contributed by atoms with E-state index in [1.807, 2.05) is 6.92 Å². The van der Waals surface area contributed by atoms with Crippen LogP contribution in [0, 0.1) is 12.7 Å². The standard InChI is InChI=1S/C16H15ClFNO2S/c1-10-6-7-15(13(18)8-10)21-9-11-12(17)4-3-5-14(11)19-16(22)20-2/h3-8H,9H2,1-2H3,(H,19,22). The van der Waals surface area contributed by atoms with Crippen LogP contribution in [0.5, 0.6) is 5.75 Å². The molecular weight excluding hydrogens is 325 g/mol. The van der Waals surface area contributed by atoms with E-state index in [1.165, 1.54) is 13.2 Å². The molecule has 22 heavy (non-hydrogen) atoms. The first kappa shape index (κ1) is 16.5. The van der Waals surface area contributed by atoms with Crippen LogP contribution in [-0.4, -0.2) is 12.3 Å². The fourth-order valence-corrected chi connectivity index (χ4v) is 2.20. The Morgan fingerprint density at radius 1 is 1.32 bits per heavy atom. The first-order valence-corrected chi connectivity index (χ1v) is 7.31. The van der Waals surface area contributed by atoms with Gasteiger partial charge < -0.3 is 14.8 Å². The van der Waals surface area contributed by atoms with Crippen LogP contribution in [-0.2, 0) is 11.3 Å². The topological polar surface area (TPSA) is 30.5 Å². The zero-order valence-electron chi connectivity index (χ0n) is 12.2. The van der Waals surface area contributed by atoms with E-state index in [0.29, 0.717) is 16.3 Å². The molecule has 0 saturated carbocycles. The minimum absolute atomic E-state index is 0.105. The van der Waals surface area contributed by atoms with E-state index in [4.69, 9.17) is 33.3 Å². The summed E-state index contributed by atoms with van der Waals surface area (Å²) in [7, 11) is 1.47. The van der Waals surface area contributed by atoms with Crippen molar-refractivity contribution in [3.8, 4) is 5.75 Å². The lowest BCUT2D eigenvalue weighted by Gasteiger charge is -2.14. The molecule has 116 valence electrons. The third-order valence-electron chi connectivity index (χ3n) is 3.00. The number of hydrogen-bond acceptors (Lipinski definition) is 3. The first-order chi connectivity index (χ1) is 10.5. The van der Waals surface area contributed by atoms with Gasteiger partial charge in [-0.25, -0.2) is 4.39 Å². The summed E-state index contributed by atoms with van der Waals surface area (Å²) in [5.41, 5.74) is 2.16. The van der Waals surface area contributed by atoms with Crippen LogP contribution in [0.2, 0.25) is 5.02 Å². The molecule has 2 aromatic rings. The van der Waals surface area contributed by atoms with Crippen molar-refractivity contribution >= 4 is 34.7 Å². The number of aryl methyl sites for hydroxylation is 1. The second kappa shape index (κ2) is 7.42. The van der Waals surface area contributed by atoms with Crippen LogP contribution < -0.4 is 10.1 Å². The van der Waals surface area contributed by atoms with E-state index in [9.17, 15) is 4.39 Å². The van der Waals surface area contributed by atoms with Gasteiger partial charge >= 0.3 is 0 Å². The average molecular weight is 340 g/mol. The normalized spacial score (nSPS) is 10.2. The Labute approximate surface area is 139 Å². The molecule has 0 aliphatic heterocycles. The third-order valence-corrected chi connectivity index (χ3v) is 3.62. The molecule has 0 saturated heterocycles. The van der Waals surface area contributed by atoms with Gasteiger partial charge in [0.15, 0.2) is 11.6 Å². The Bertz CT molecular complexity index is 694. The SMILES string of the molecule is COC(=S)Nc1cccc(Cl)c1COc1ccc(C)cc1F. The lowest BCUT2D eigenvalue weighted by molar-refractivity contribution is 0.291. The Balaban J connectivity index is 2.19. The maximum Gasteiger partial charge on any atom is 0.260 e. The zero-order valence-corrected chi connectivity index (χ0v) is 13.7. The van der Waals surface area contributed by atoms with Gasteiger partial charge in [0.2, 0.25) is 0 Å². The van der Waals surface area contributed by atoms with Crippen LogP contribution >= 0.6 is 23.8 Å². The molecule has 0 bridgehead atoms. The molecule has 2 aromatic carbocycles. The number of nitrogens with one attached hydrogen (secondary N) is 1. The lowest BCUT2D eigenvalue weighted by Crippen LogP contribution is -2.13. The van der Waals surface area contributed by atoms with Crippen molar-refractivity contribution in [2.45, 2.75) is 13.5 Å². The van der Waals surface area contributed by atoms with Crippen molar-refractivity contribution in [3.63, 3.8) is 0 Å². The molecule has 0 spiro atoms. The van der Waals surface area contributed by atoms with Crippen molar-refractivity contribution < 1.29 is 13.9 Å². The fraction of sp³-hybridized carbons (Fsp3) is 0.188. The number of benzene rings is 2. The van der Waals surface area contributed by atoms with Gasteiger partial charge in [-0.3, -0.25) is 0 Å². The molecule has 0 aliphatic rings. The van der Waals surface area contributed by atoms with E-state index in [0.717, 1.165) is 5.56 Å². The number of methoxy groups -OCH3 is 1. The summed E-state index contributed by atoms with van der Waals surface area (Å²) in [5.74, 6) is -0.236. The second-order valence-electron chi connectivity index (χ2n) is 4.61. The van der Waals surface area contributed by atoms with Gasteiger partial charge in [-0.05, 0) is 49.0 Å². The molecule has 0 fully saturated rings. The Morgan fingerprint density at radius 3 is 2.77 bits per heavy atom. The summed E-state index contributed by atoms with van der Waals surface area (Å²) < 4.78 is 24.3. The lowest BCUT2D eigenvalue weighted by atomic mass is 10.2. The molecule has 0 aliphatic carbocycles. The third kappa shape index (κ3) is 4.08. The van der Waals surface area contributed by atoms with Gasteiger partial charge in [0.05, 0.1) is 7.11 Å². The highest BCUT2D eigenvalue weighted by atomic mass is 35.5. The van der Waals surface area contributed by atoms with Crippen LogP contribution in [0.3, 0.4) is 0 Å². The molecule has 0 atom stereocenters. The van der Waals surface area contributed by atoms with Crippen molar-refractivity contribution in [1.82, 2.24) is 0 Å². The Morgan fingerprint density at radius 2 is 2.09 bits per heavy atom. The first-order valence-electron chi connectivity index (χ1n) is 6.52. The van der Waals surface area contributed by atoms with Crippen LogP contribution in [0.15, 0.2) is 36.4 Å². The van der Waals surface area contributed by atoms with E-state index in [1.54, 1.807) is 30.3 Å². The number of anilines is 1.